The zero-order valence-corrected chi connectivity index (χ0v) is 68.3. The minimum absolute atomic E-state index is 0.329. The Bertz CT molecular complexity index is 7760. The number of anilines is 6. The summed E-state index contributed by atoms with van der Waals surface area (Å²) in [5.74, 6) is 0. The van der Waals surface area contributed by atoms with E-state index in [1.54, 1.807) is 0 Å². The topological polar surface area (TPSA) is 16.3 Å². The first-order valence-corrected chi connectivity index (χ1v) is 43.0. The van der Waals surface area contributed by atoms with Gasteiger partial charge in [0.2, 0.25) is 0 Å². The maximum Gasteiger partial charge on any atom is 0.252 e. The predicted molar refractivity (Wildman–Crippen MR) is 525 cm³/mol. The SMILES string of the molecule is CC(C)(C)c1cc2c3c(c1)N(c1c(-c4ccccc4)cc(-c4ccc5ccccc5c4)cc1-c1ccccc1)c1cc(-n4c5ccccc5c5c6ccccc6c6ccccc6c54)ccc1B3c1ccc(-n3c4ccccc4c4c5ccccc5c5ccccc5c43)cc1N2c1c(-c2ccccc2)cc(-c2ccc3ccccc3c2)cc1-c1ccccc1. The fourth-order valence-corrected chi connectivity index (χ4v) is 21.1. The highest BCUT2D eigenvalue weighted by Gasteiger charge is 2.47. The minimum atomic E-state index is -0.406. The van der Waals surface area contributed by atoms with Crippen LogP contribution in [0.5, 0.6) is 0 Å². The summed E-state index contributed by atoms with van der Waals surface area (Å²) in [5, 5.41) is 19.6. The van der Waals surface area contributed by atoms with E-state index >= 15 is 0 Å². The molecule has 23 aromatic rings. The maximum atomic E-state index is 2.75. The number of hydrogen-bond acceptors (Lipinski definition) is 2. The summed E-state index contributed by atoms with van der Waals surface area (Å²) in [6.07, 6.45) is 0. The van der Waals surface area contributed by atoms with Crippen LogP contribution in [0.15, 0.2) is 425 Å². The molecule has 0 spiro atoms. The number of aromatic nitrogens is 2. The Labute approximate surface area is 714 Å². The maximum absolute atomic E-state index is 2.75. The van der Waals surface area contributed by atoms with Crippen molar-refractivity contribution in [2.45, 2.75) is 26.2 Å². The second-order valence-corrected chi connectivity index (χ2v) is 34.5. The van der Waals surface area contributed by atoms with E-state index in [4.69, 9.17) is 0 Å². The van der Waals surface area contributed by atoms with Gasteiger partial charge in [-0.1, -0.05) is 360 Å². The second-order valence-electron chi connectivity index (χ2n) is 34.5. The molecule has 4 heterocycles. The number of fused-ring (bicyclic) bond motifs is 22. The van der Waals surface area contributed by atoms with Crippen LogP contribution in [-0.4, -0.2) is 15.8 Å². The van der Waals surface area contributed by atoms with E-state index in [9.17, 15) is 0 Å². The molecule has 0 radical (unpaired) electrons. The molecule has 123 heavy (non-hydrogen) atoms. The highest BCUT2D eigenvalue weighted by atomic mass is 15.2. The van der Waals surface area contributed by atoms with Gasteiger partial charge in [-0.2, -0.15) is 0 Å². The number of benzene rings is 21. The van der Waals surface area contributed by atoms with Gasteiger partial charge in [-0.15, -0.1) is 0 Å². The molecule has 0 aliphatic carbocycles. The lowest BCUT2D eigenvalue weighted by Crippen LogP contribution is -2.61. The molecule has 0 saturated carbocycles. The molecule has 574 valence electrons. The molecule has 25 rings (SSSR count). The van der Waals surface area contributed by atoms with Gasteiger partial charge in [0, 0.05) is 88.7 Å². The Kier molecular flexibility index (Phi) is 15.8. The van der Waals surface area contributed by atoms with E-state index in [0.29, 0.717) is 0 Å². The van der Waals surface area contributed by atoms with E-state index < -0.39 is 5.41 Å². The molecule has 0 saturated heterocycles. The molecule has 0 unspecified atom stereocenters. The normalized spacial score (nSPS) is 12.6. The van der Waals surface area contributed by atoms with Gasteiger partial charge in [0.1, 0.15) is 0 Å². The standard InChI is InChI=1S/C118H79BN4/c1-118(2,3)86-70-109-113-110(71-86)123(115-101(78-38-12-6-13-39-78)68-85(69-102(115)79-40-14-7-15-41-79)83-59-57-75-33-17-19-43-81(75)65-83)108-73-88(121-106-55-31-29-53-98(106)112-94-49-25-21-45-90(94)92-47-23-27-51-96(92)117(112)121)61-63-104(108)119(113)103-62-60-87(120-105-54-30-28-52-97(105)111-93-48-24-20-44-89(93)91-46-22-26-50-95(91)116(111)120)72-107(103)122(109)114-99(76-34-8-4-9-35-76)66-84(67-100(114)77-36-10-5-11-37-77)82-58-56-74-32-16-18-42-80(74)64-82/h4-73H,1-3H3. The summed E-state index contributed by atoms with van der Waals surface area (Å²) in [4.78, 5) is 5.51. The highest BCUT2D eigenvalue weighted by molar-refractivity contribution is 7.00. The minimum Gasteiger partial charge on any atom is -0.310 e. The van der Waals surface area contributed by atoms with Crippen LogP contribution >= 0.6 is 0 Å². The monoisotopic (exact) mass is 1560 g/mol. The van der Waals surface area contributed by atoms with Crippen molar-refractivity contribution in [1.82, 2.24) is 9.13 Å². The van der Waals surface area contributed by atoms with Crippen molar-refractivity contribution in [1.29, 1.82) is 0 Å². The smallest absolute Gasteiger partial charge is 0.252 e. The van der Waals surface area contributed by atoms with Crippen molar-refractivity contribution in [3.8, 4) is 78.1 Å². The molecule has 0 bridgehead atoms. The van der Waals surface area contributed by atoms with E-state index in [2.05, 4.69) is 464 Å². The molecule has 0 N–H and O–H groups in total. The summed E-state index contributed by atoms with van der Waals surface area (Å²) in [6, 6.07) is 161. The molecule has 4 nitrogen and oxygen atoms in total. The zero-order chi connectivity index (χ0) is 81.3. The third kappa shape index (κ3) is 10.9. The predicted octanol–water partition coefficient (Wildman–Crippen LogP) is 30.2. The van der Waals surface area contributed by atoms with Crippen molar-refractivity contribution < 1.29 is 0 Å². The first kappa shape index (κ1) is 70.5. The molecule has 2 aromatic heterocycles. The lowest BCUT2D eigenvalue weighted by molar-refractivity contribution is 0.590. The summed E-state index contributed by atoms with van der Waals surface area (Å²) < 4.78 is 5.20. The van der Waals surface area contributed by atoms with Gasteiger partial charge in [-0.05, 0) is 211 Å². The lowest BCUT2D eigenvalue weighted by Gasteiger charge is -2.46. The molecule has 21 aromatic carbocycles. The highest BCUT2D eigenvalue weighted by Crippen LogP contribution is 2.57. The van der Waals surface area contributed by atoms with E-state index in [-0.39, 0.29) is 6.71 Å². The summed E-state index contributed by atoms with van der Waals surface area (Å²) >= 11 is 0. The fraction of sp³-hybridized carbons (Fsp3) is 0.0339. The van der Waals surface area contributed by atoms with E-state index in [1.165, 1.54) is 119 Å². The average Bonchev–Trinajstić information content (AvgIpc) is 0.721. The van der Waals surface area contributed by atoms with Crippen molar-refractivity contribution in [2.75, 3.05) is 9.80 Å². The average molecular weight is 1560 g/mol. The van der Waals surface area contributed by atoms with Gasteiger partial charge in [0.15, 0.2) is 0 Å². The van der Waals surface area contributed by atoms with Gasteiger partial charge in [0.25, 0.3) is 6.71 Å². The molecule has 2 aliphatic rings. The van der Waals surface area contributed by atoms with Crippen LogP contribution in [0.2, 0.25) is 0 Å². The molecule has 0 amide bonds. The lowest BCUT2D eigenvalue weighted by atomic mass is 9.33. The van der Waals surface area contributed by atoms with Crippen molar-refractivity contribution in [2.24, 2.45) is 0 Å². The summed E-state index contributed by atoms with van der Waals surface area (Å²) in [5.41, 5.74) is 31.4. The van der Waals surface area contributed by atoms with E-state index in [1.807, 2.05) is 0 Å². The number of rotatable bonds is 10. The van der Waals surface area contributed by atoms with Gasteiger partial charge >= 0.3 is 0 Å². The molecular weight excluding hydrogens is 1480 g/mol. The van der Waals surface area contributed by atoms with Gasteiger partial charge in [0.05, 0.1) is 33.4 Å². The summed E-state index contributed by atoms with van der Waals surface area (Å²) in [7, 11) is 0. The Balaban J connectivity index is 0.861. The number of hydrogen-bond donors (Lipinski definition) is 0. The van der Waals surface area contributed by atoms with Crippen LogP contribution in [0, 0.1) is 0 Å². The Hall–Kier alpha value is -15.6. The Morgan fingerprint density at radius 2 is 0.528 bits per heavy atom. The van der Waals surface area contributed by atoms with Gasteiger partial charge in [-0.3, -0.25) is 0 Å². The third-order valence-electron chi connectivity index (χ3n) is 26.7. The van der Waals surface area contributed by atoms with Crippen LogP contribution in [0.3, 0.4) is 0 Å². The van der Waals surface area contributed by atoms with Crippen LogP contribution in [0.4, 0.5) is 34.1 Å². The molecule has 2 aliphatic heterocycles. The fourth-order valence-electron chi connectivity index (χ4n) is 21.1. The van der Waals surface area contributed by atoms with Gasteiger partial charge < -0.3 is 18.9 Å². The third-order valence-corrected chi connectivity index (χ3v) is 26.7. The first-order valence-electron chi connectivity index (χ1n) is 43.0. The van der Waals surface area contributed by atoms with E-state index in [0.717, 1.165) is 123 Å². The molecule has 0 fully saturated rings. The second kappa shape index (κ2) is 27.5. The first-order chi connectivity index (χ1) is 60.7. The van der Waals surface area contributed by atoms with Gasteiger partial charge in [-0.25, -0.2) is 0 Å². The molecule has 0 atom stereocenters. The Morgan fingerprint density at radius 1 is 0.220 bits per heavy atom. The van der Waals surface area contributed by atoms with Crippen LogP contribution in [0.25, 0.3) is 186 Å². The Morgan fingerprint density at radius 3 is 0.894 bits per heavy atom. The number of para-hydroxylation sites is 2. The quantitative estimate of drug-likeness (QED) is 0.100. The van der Waals surface area contributed by atoms with Crippen LogP contribution in [-0.2, 0) is 5.41 Å². The van der Waals surface area contributed by atoms with Crippen LogP contribution in [0.1, 0.15) is 26.3 Å². The summed E-state index contributed by atoms with van der Waals surface area (Å²) in [6.45, 7) is 6.91. The van der Waals surface area contributed by atoms with Crippen molar-refractivity contribution in [3.05, 3.63) is 430 Å². The largest absolute Gasteiger partial charge is 0.310 e. The molecule has 5 heteroatoms. The number of nitrogens with zero attached hydrogens (tertiary/aromatic N) is 4. The van der Waals surface area contributed by atoms with Crippen molar-refractivity contribution in [3.63, 3.8) is 0 Å². The zero-order valence-electron chi connectivity index (χ0n) is 68.3. The van der Waals surface area contributed by atoms with Crippen molar-refractivity contribution >= 4 is 165 Å². The molecular formula is C118H79BN4. The van der Waals surface area contributed by atoms with Crippen LogP contribution < -0.4 is 26.2 Å².